The first-order valence-corrected chi connectivity index (χ1v) is 21.8. The quantitative estimate of drug-likeness (QED) is 0.108. The zero-order chi connectivity index (χ0) is 40.4. The van der Waals surface area contributed by atoms with Crippen molar-refractivity contribution >= 4 is 102 Å². The van der Waals surface area contributed by atoms with E-state index >= 15 is 0 Å². The van der Waals surface area contributed by atoms with Gasteiger partial charge >= 0.3 is 6.03 Å². The number of rotatable bonds is 6. The monoisotopic (exact) mass is 838 g/mol. The van der Waals surface area contributed by atoms with Crippen LogP contribution in [0.4, 0.5) is 38.9 Å². The number of hydrogen-bond donors (Lipinski definition) is 6. The number of hydrogen-bond acceptors (Lipinski definition) is 11. The number of carbonyl (C=O) groups excluding carboxylic acids is 1. The van der Waals surface area contributed by atoms with Crippen LogP contribution in [0.5, 0.6) is 11.5 Å². The fourth-order valence-corrected chi connectivity index (χ4v) is 11.9. The van der Waals surface area contributed by atoms with Gasteiger partial charge in [0.15, 0.2) is 0 Å². The minimum atomic E-state index is -4.76. The summed E-state index contributed by atoms with van der Waals surface area (Å²) in [6, 6.07) is 15.9. The van der Waals surface area contributed by atoms with Crippen molar-refractivity contribution in [3.05, 3.63) is 96.1 Å². The van der Waals surface area contributed by atoms with Gasteiger partial charge in [-0.2, -0.15) is 16.8 Å². The number of aryl methyl sites for hydroxylation is 2. The Morgan fingerprint density at radius 3 is 1.25 bits per heavy atom. The summed E-state index contributed by atoms with van der Waals surface area (Å²) in [5.74, 6) is -0.636. The lowest BCUT2D eigenvalue weighted by Crippen LogP contribution is -2.21. The number of anilines is 6. The second-order valence-corrected chi connectivity index (χ2v) is 19.2. The van der Waals surface area contributed by atoms with Gasteiger partial charge in [0.05, 0.1) is 43.9 Å². The van der Waals surface area contributed by atoms with Crippen molar-refractivity contribution in [3.8, 4) is 11.5 Å². The Morgan fingerprint density at radius 1 is 0.536 bits per heavy atom. The molecule has 0 saturated carbocycles. The van der Waals surface area contributed by atoms with Crippen LogP contribution in [0.3, 0.4) is 0 Å². The SMILES string of the molecule is Cc1ccc2c(NC(=O)Nc3c4ccc(C)c3S(=O)(=O)N4c3ccc(O)c4ccc(S(=O)(=O)O)cc34)c1S(=O)(=O)N2c1ccc(O)c2ccc(S(=O)(=O)O)cc12. The highest BCUT2D eigenvalue weighted by molar-refractivity contribution is 7.94. The highest BCUT2D eigenvalue weighted by Gasteiger charge is 2.44. The molecule has 17 nitrogen and oxygen atoms in total. The topological polar surface area (TPSA) is 265 Å². The Labute approximate surface area is 318 Å². The molecule has 288 valence electrons. The molecular weight excluding hydrogens is 813 g/mol. The fraction of sp³-hybridized carbons (Fsp3) is 0.0571. The van der Waals surface area contributed by atoms with Crippen LogP contribution in [0.25, 0.3) is 21.5 Å². The molecule has 0 unspecified atom stereocenters. The predicted molar refractivity (Wildman–Crippen MR) is 205 cm³/mol. The maximum atomic E-state index is 14.2. The van der Waals surface area contributed by atoms with E-state index in [4.69, 9.17) is 0 Å². The summed E-state index contributed by atoms with van der Waals surface area (Å²) in [5, 5.41) is 26.1. The molecule has 0 aromatic heterocycles. The number of nitrogens with one attached hydrogen (secondary N) is 2. The van der Waals surface area contributed by atoms with E-state index in [1.165, 1.54) is 74.5 Å². The number of benzene rings is 6. The number of carbonyl (C=O) groups is 1. The van der Waals surface area contributed by atoms with Gasteiger partial charge in [-0.05, 0) is 97.8 Å². The van der Waals surface area contributed by atoms with Gasteiger partial charge in [0.1, 0.15) is 21.3 Å². The molecule has 2 heterocycles. The standard InChI is InChI=1S/C35H26N4O13S4/c1-17-3-9-27-31(33(17)53(43,44)38(27)25-11-13-29(40)21-7-5-19(15-23(21)25)55(47,48)49)36-35(42)37-32-28-10-4-18(2)34(32)54(45,46)39(28)26-12-14-30(41)22-8-6-20(16-24(22)26)56(50,51)52/h3-16,40-41H,1-2H3,(H2,36,37,42)(H,47,48,49)(H,50,51,52). The van der Waals surface area contributed by atoms with E-state index in [1.807, 2.05) is 0 Å². The molecule has 21 heteroatoms. The smallest absolute Gasteiger partial charge is 0.323 e. The summed E-state index contributed by atoms with van der Waals surface area (Å²) in [5.41, 5.74) is -0.480. The summed E-state index contributed by atoms with van der Waals surface area (Å²) < 4.78 is 126. The van der Waals surface area contributed by atoms with E-state index in [2.05, 4.69) is 10.6 Å². The fourth-order valence-electron chi connectivity index (χ4n) is 7.08. The maximum absolute atomic E-state index is 14.2. The summed E-state index contributed by atoms with van der Waals surface area (Å²) in [6.07, 6.45) is 0. The number of phenolic OH excluding ortho intramolecular Hbond substituents is 2. The number of nitrogens with zero attached hydrogens (tertiary/aromatic N) is 2. The van der Waals surface area contributed by atoms with Crippen molar-refractivity contribution in [1.29, 1.82) is 0 Å². The lowest BCUT2D eigenvalue weighted by atomic mass is 10.1. The normalized spacial score (nSPS) is 15.4. The Balaban J connectivity index is 1.23. The van der Waals surface area contributed by atoms with Crippen molar-refractivity contribution in [2.75, 3.05) is 19.2 Å². The second-order valence-electron chi connectivity index (χ2n) is 12.9. The third-order valence-corrected chi connectivity index (χ3v) is 15.0. The third kappa shape index (κ3) is 5.42. The van der Waals surface area contributed by atoms with Crippen molar-refractivity contribution in [1.82, 2.24) is 0 Å². The molecule has 0 fully saturated rings. The number of urea groups is 1. The van der Waals surface area contributed by atoms with Crippen LogP contribution in [-0.4, -0.2) is 59.0 Å². The molecule has 56 heavy (non-hydrogen) atoms. The van der Waals surface area contributed by atoms with E-state index < -0.39 is 56.1 Å². The number of sulfonamides is 2. The highest BCUT2D eigenvalue weighted by Crippen LogP contribution is 2.53. The minimum Gasteiger partial charge on any atom is -0.507 e. The lowest BCUT2D eigenvalue weighted by Gasteiger charge is -2.21. The van der Waals surface area contributed by atoms with Gasteiger partial charge in [-0.15, -0.1) is 0 Å². The average molecular weight is 839 g/mol. The van der Waals surface area contributed by atoms with Gasteiger partial charge in [0.2, 0.25) is 0 Å². The van der Waals surface area contributed by atoms with Gasteiger partial charge in [-0.3, -0.25) is 9.11 Å². The van der Waals surface area contributed by atoms with Gasteiger partial charge < -0.3 is 20.8 Å². The molecule has 0 atom stereocenters. The van der Waals surface area contributed by atoms with E-state index in [0.717, 1.165) is 32.9 Å². The summed E-state index contributed by atoms with van der Waals surface area (Å²) in [7, 11) is -18.6. The van der Waals surface area contributed by atoms with Crippen molar-refractivity contribution in [2.24, 2.45) is 0 Å². The molecule has 2 aliphatic rings. The molecule has 0 aliphatic carbocycles. The first-order chi connectivity index (χ1) is 26.1. The van der Waals surface area contributed by atoms with Crippen LogP contribution in [0, 0.1) is 13.8 Å². The molecule has 0 radical (unpaired) electrons. The Hall–Kier alpha value is -5.97. The molecular formula is C35H26N4O13S4. The van der Waals surface area contributed by atoms with E-state index in [9.17, 15) is 57.8 Å². The molecule has 6 aromatic carbocycles. The molecule has 0 saturated heterocycles. The zero-order valence-corrected chi connectivity index (χ0v) is 31.8. The summed E-state index contributed by atoms with van der Waals surface area (Å²) in [6.45, 7) is 2.94. The Kier molecular flexibility index (Phi) is 7.93. The van der Waals surface area contributed by atoms with Crippen LogP contribution >= 0.6 is 0 Å². The van der Waals surface area contributed by atoms with Gasteiger partial charge in [-0.1, -0.05) is 12.1 Å². The average Bonchev–Trinajstić information content (AvgIpc) is 3.36. The molecule has 2 amide bonds. The number of amides is 2. The van der Waals surface area contributed by atoms with Crippen LogP contribution < -0.4 is 19.2 Å². The van der Waals surface area contributed by atoms with Crippen LogP contribution in [-0.2, 0) is 40.3 Å². The Morgan fingerprint density at radius 2 is 0.893 bits per heavy atom. The van der Waals surface area contributed by atoms with Crippen molar-refractivity contribution < 1.29 is 57.8 Å². The predicted octanol–water partition coefficient (Wildman–Crippen LogP) is 5.84. The molecule has 0 spiro atoms. The van der Waals surface area contributed by atoms with Gasteiger partial charge in [0, 0.05) is 21.5 Å². The largest absolute Gasteiger partial charge is 0.507 e. The van der Waals surface area contributed by atoms with E-state index in [1.54, 1.807) is 0 Å². The lowest BCUT2D eigenvalue weighted by molar-refractivity contribution is 0.262. The molecule has 8 rings (SSSR count). The van der Waals surface area contributed by atoms with E-state index in [-0.39, 0.29) is 88.1 Å². The van der Waals surface area contributed by atoms with Crippen LogP contribution in [0.2, 0.25) is 0 Å². The molecule has 6 aromatic rings. The molecule has 2 aliphatic heterocycles. The summed E-state index contributed by atoms with van der Waals surface area (Å²) in [4.78, 5) is 12.1. The van der Waals surface area contributed by atoms with Gasteiger partial charge in [-0.25, -0.2) is 30.2 Å². The number of aromatic hydroxyl groups is 2. The van der Waals surface area contributed by atoms with E-state index in [0.29, 0.717) is 0 Å². The first-order valence-electron chi connectivity index (χ1n) is 16.0. The third-order valence-electron chi connectivity index (χ3n) is 9.49. The zero-order valence-electron chi connectivity index (χ0n) is 28.6. The first kappa shape index (κ1) is 37.0. The van der Waals surface area contributed by atoms with Crippen molar-refractivity contribution in [3.63, 3.8) is 0 Å². The van der Waals surface area contributed by atoms with Crippen LogP contribution in [0.1, 0.15) is 11.1 Å². The highest BCUT2D eigenvalue weighted by atomic mass is 32.2. The minimum absolute atomic E-state index is 0.0494. The molecule has 6 N–H and O–H groups in total. The number of fused-ring (bicyclic) bond motifs is 6. The van der Waals surface area contributed by atoms with Crippen molar-refractivity contribution in [2.45, 2.75) is 33.4 Å². The summed E-state index contributed by atoms with van der Waals surface area (Å²) >= 11 is 0. The van der Waals surface area contributed by atoms with Crippen LogP contribution in [0.15, 0.2) is 105 Å². The Bertz CT molecular complexity index is 3050. The number of phenols is 2. The molecule has 4 bridgehead atoms. The second kappa shape index (κ2) is 12.0. The maximum Gasteiger partial charge on any atom is 0.323 e. The van der Waals surface area contributed by atoms with Gasteiger partial charge in [0.25, 0.3) is 40.3 Å².